The van der Waals surface area contributed by atoms with Gasteiger partial charge in [-0.15, -0.1) is 0 Å². The van der Waals surface area contributed by atoms with Gasteiger partial charge in [0, 0.05) is 11.1 Å². The molecule has 2 aromatic carbocycles. The minimum atomic E-state index is -1.36. The third-order valence-electron chi connectivity index (χ3n) is 5.78. The first-order valence-corrected chi connectivity index (χ1v) is 11.6. The van der Waals surface area contributed by atoms with Crippen molar-refractivity contribution in [2.24, 2.45) is 0 Å². The van der Waals surface area contributed by atoms with Crippen molar-refractivity contribution in [3.63, 3.8) is 0 Å². The number of hydrogen-bond donors (Lipinski definition) is 3. The van der Waals surface area contributed by atoms with Gasteiger partial charge in [-0.1, -0.05) is 0 Å². The van der Waals surface area contributed by atoms with Crippen LogP contribution in [-0.4, -0.2) is 37.4 Å². The molecular formula is C27H26F2N4O3. The number of amides is 1. The number of carbonyl (C=O) groups is 1. The topological polar surface area (TPSA) is 108 Å². The van der Waals surface area contributed by atoms with E-state index in [2.05, 4.69) is 10.3 Å². The highest BCUT2D eigenvalue weighted by Crippen LogP contribution is 2.26. The molecule has 4 rings (SSSR count). The summed E-state index contributed by atoms with van der Waals surface area (Å²) in [6.45, 7) is 1.76. The second-order valence-corrected chi connectivity index (χ2v) is 8.55. The van der Waals surface area contributed by atoms with Crippen LogP contribution in [0.2, 0.25) is 0 Å². The van der Waals surface area contributed by atoms with Crippen molar-refractivity contribution in [2.75, 3.05) is 0 Å². The maximum Gasteiger partial charge on any atom is 0.251 e. The standard InChI is InChI=1S/C27H26F2N4O3/c1-16(21-13-11-20(29)15-30-21)31-27(36)18-8-12-22-24(14-18)32-23(4-2-3-5-25(34)35)26(33-22)17-6-9-19(28)10-7-17/h6-16,25,34-35H,2-5H2,1H3,(H,31,36)/t16-/m0/s1. The molecule has 0 radical (unpaired) electrons. The Kier molecular flexibility index (Phi) is 7.92. The third kappa shape index (κ3) is 6.24. The molecule has 36 heavy (non-hydrogen) atoms. The number of carbonyl (C=O) groups excluding carboxylic acids is 1. The second kappa shape index (κ2) is 11.3. The first-order chi connectivity index (χ1) is 17.3. The van der Waals surface area contributed by atoms with E-state index >= 15 is 0 Å². The average molecular weight is 493 g/mol. The fourth-order valence-corrected chi connectivity index (χ4v) is 3.86. The van der Waals surface area contributed by atoms with Crippen LogP contribution in [0.25, 0.3) is 22.3 Å². The molecule has 0 aliphatic carbocycles. The van der Waals surface area contributed by atoms with Crippen LogP contribution in [-0.2, 0) is 6.42 Å². The van der Waals surface area contributed by atoms with Gasteiger partial charge in [-0.25, -0.2) is 18.7 Å². The molecule has 1 atom stereocenters. The predicted molar refractivity (Wildman–Crippen MR) is 131 cm³/mol. The summed E-state index contributed by atoms with van der Waals surface area (Å²) in [5.41, 5.74) is 4.01. The summed E-state index contributed by atoms with van der Waals surface area (Å²) < 4.78 is 26.6. The zero-order valence-corrected chi connectivity index (χ0v) is 19.7. The summed E-state index contributed by atoms with van der Waals surface area (Å²) in [4.78, 5) is 26.4. The van der Waals surface area contributed by atoms with Crippen molar-refractivity contribution in [3.8, 4) is 11.3 Å². The number of hydrogen-bond acceptors (Lipinski definition) is 6. The van der Waals surface area contributed by atoms with Crippen LogP contribution < -0.4 is 5.32 Å². The molecule has 0 saturated carbocycles. The number of benzene rings is 2. The molecule has 2 aromatic heterocycles. The minimum Gasteiger partial charge on any atom is -0.368 e. The van der Waals surface area contributed by atoms with Crippen molar-refractivity contribution in [3.05, 3.63) is 89.4 Å². The van der Waals surface area contributed by atoms with Gasteiger partial charge in [0.25, 0.3) is 5.91 Å². The SMILES string of the molecule is C[C@H](NC(=O)c1ccc2nc(-c3ccc(F)cc3)c(CCCCC(O)O)nc2c1)c1ccc(F)cn1. The van der Waals surface area contributed by atoms with E-state index in [1.165, 1.54) is 24.3 Å². The van der Waals surface area contributed by atoms with E-state index in [1.54, 1.807) is 37.3 Å². The van der Waals surface area contributed by atoms with Crippen molar-refractivity contribution in [2.45, 2.75) is 44.9 Å². The smallest absolute Gasteiger partial charge is 0.251 e. The number of nitrogens with zero attached hydrogens (tertiary/aromatic N) is 3. The van der Waals surface area contributed by atoms with Crippen molar-refractivity contribution >= 4 is 16.9 Å². The van der Waals surface area contributed by atoms with E-state index in [9.17, 15) is 13.6 Å². The Hall–Kier alpha value is -3.82. The fraction of sp³-hybridized carbons (Fsp3) is 0.259. The molecule has 7 nitrogen and oxygen atoms in total. The van der Waals surface area contributed by atoms with E-state index in [0.717, 1.165) is 6.20 Å². The number of aliphatic hydroxyl groups excluding tert-OH is 1. The highest BCUT2D eigenvalue weighted by atomic mass is 19.1. The lowest BCUT2D eigenvalue weighted by Gasteiger charge is -2.14. The average Bonchev–Trinajstić information content (AvgIpc) is 2.86. The summed E-state index contributed by atoms with van der Waals surface area (Å²) in [5, 5.41) is 21.1. The monoisotopic (exact) mass is 492 g/mol. The second-order valence-electron chi connectivity index (χ2n) is 8.55. The highest BCUT2D eigenvalue weighted by molar-refractivity contribution is 5.97. The van der Waals surface area contributed by atoms with Gasteiger partial charge in [0.2, 0.25) is 0 Å². The number of halogens is 2. The van der Waals surface area contributed by atoms with E-state index in [0.29, 0.717) is 58.5 Å². The van der Waals surface area contributed by atoms with Crippen LogP contribution in [0.5, 0.6) is 0 Å². The molecule has 186 valence electrons. The van der Waals surface area contributed by atoms with Crippen molar-refractivity contribution < 1.29 is 23.8 Å². The Morgan fingerprint density at radius 2 is 1.69 bits per heavy atom. The minimum absolute atomic E-state index is 0.248. The molecule has 2 heterocycles. The number of aromatic nitrogens is 3. The molecule has 0 fully saturated rings. The van der Waals surface area contributed by atoms with Gasteiger partial charge in [0.05, 0.1) is 40.4 Å². The Labute approximate surface area is 206 Å². The maximum absolute atomic E-state index is 13.5. The lowest BCUT2D eigenvalue weighted by Crippen LogP contribution is -2.27. The summed E-state index contributed by atoms with van der Waals surface area (Å²) in [5.74, 6) is -1.14. The lowest BCUT2D eigenvalue weighted by atomic mass is 10.0. The fourth-order valence-electron chi connectivity index (χ4n) is 3.86. The van der Waals surface area contributed by atoms with E-state index in [-0.39, 0.29) is 18.1 Å². The molecule has 0 bridgehead atoms. The van der Waals surface area contributed by atoms with Gasteiger partial charge < -0.3 is 15.5 Å². The predicted octanol–water partition coefficient (Wildman–Crippen LogP) is 4.48. The van der Waals surface area contributed by atoms with Crippen molar-refractivity contribution in [1.82, 2.24) is 20.3 Å². The van der Waals surface area contributed by atoms with Gasteiger partial charge >= 0.3 is 0 Å². The molecule has 1 amide bonds. The highest BCUT2D eigenvalue weighted by Gasteiger charge is 2.16. The largest absolute Gasteiger partial charge is 0.368 e. The third-order valence-corrected chi connectivity index (χ3v) is 5.78. The van der Waals surface area contributed by atoms with Gasteiger partial charge in [-0.3, -0.25) is 9.78 Å². The van der Waals surface area contributed by atoms with Crippen LogP contribution >= 0.6 is 0 Å². The summed E-state index contributed by atoms with van der Waals surface area (Å²) in [6, 6.07) is 13.4. The molecule has 0 spiro atoms. The molecule has 0 saturated heterocycles. The molecule has 0 unspecified atom stereocenters. The maximum atomic E-state index is 13.5. The summed E-state index contributed by atoms with van der Waals surface area (Å²) in [7, 11) is 0. The van der Waals surface area contributed by atoms with Crippen LogP contribution in [0.1, 0.15) is 54.0 Å². The Balaban J connectivity index is 1.61. The zero-order chi connectivity index (χ0) is 25.7. The molecule has 0 aliphatic heterocycles. The van der Waals surface area contributed by atoms with Gasteiger partial charge in [0.15, 0.2) is 6.29 Å². The molecular weight excluding hydrogens is 466 g/mol. The van der Waals surface area contributed by atoms with Gasteiger partial charge in [-0.2, -0.15) is 0 Å². The van der Waals surface area contributed by atoms with Crippen LogP contribution in [0.4, 0.5) is 8.78 Å². The number of aliphatic hydroxyl groups is 2. The quantitative estimate of drug-likeness (QED) is 0.235. The van der Waals surface area contributed by atoms with Crippen LogP contribution in [0.15, 0.2) is 60.8 Å². The Bertz CT molecular complexity index is 1350. The lowest BCUT2D eigenvalue weighted by molar-refractivity contribution is -0.0465. The van der Waals surface area contributed by atoms with E-state index in [1.807, 2.05) is 0 Å². The first-order valence-electron chi connectivity index (χ1n) is 11.6. The van der Waals surface area contributed by atoms with Crippen LogP contribution in [0.3, 0.4) is 0 Å². The molecule has 0 aliphatic rings. The number of pyridine rings is 1. The number of nitrogens with one attached hydrogen (secondary N) is 1. The summed E-state index contributed by atoms with van der Waals surface area (Å²) >= 11 is 0. The first kappa shape index (κ1) is 25.3. The van der Waals surface area contributed by atoms with Crippen molar-refractivity contribution in [1.29, 1.82) is 0 Å². The van der Waals surface area contributed by atoms with E-state index < -0.39 is 18.1 Å². The Morgan fingerprint density at radius 3 is 2.39 bits per heavy atom. The molecule has 4 aromatic rings. The molecule has 9 heteroatoms. The van der Waals surface area contributed by atoms with Gasteiger partial charge in [-0.05, 0) is 87.2 Å². The summed E-state index contributed by atoms with van der Waals surface area (Å²) in [6.07, 6.45) is 1.74. The normalized spacial score (nSPS) is 12.2. The van der Waals surface area contributed by atoms with Crippen LogP contribution in [0, 0.1) is 11.6 Å². The number of aryl methyl sites for hydroxylation is 1. The number of rotatable bonds is 9. The molecule has 3 N–H and O–H groups in total. The zero-order valence-electron chi connectivity index (χ0n) is 19.7. The number of fused-ring (bicyclic) bond motifs is 1. The Morgan fingerprint density at radius 1 is 0.944 bits per heavy atom. The van der Waals surface area contributed by atoms with E-state index in [4.69, 9.17) is 20.2 Å². The number of unbranched alkanes of at least 4 members (excludes halogenated alkanes) is 1. The van der Waals surface area contributed by atoms with Gasteiger partial charge in [0.1, 0.15) is 11.6 Å².